The summed E-state index contributed by atoms with van der Waals surface area (Å²) in [5.74, 6) is 3.05. The van der Waals surface area contributed by atoms with Crippen LogP contribution in [0, 0.1) is 17.8 Å². The summed E-state index contributed by atoms with van der Waals surface area (Å²) in [6, 6.07) is 15.1. The zero-order valence-corrected chi connectivity index (χ0v) is 18.1. The molecule has 0 bridgehead atoms. The first-order valence-electron chi connectivity index (χ1n) is 10.5. The number of rotatable bonds is 7. The molecular weight excluding hydrogens is 408 g/mol. The highest BCUT2D eigenvalue weighted by molar-refractivity contribution is 5.96. The molecule has 1 atom stereocenters. The first kappa shape index (κ1) is 22.9. The van der Waals surface area contributed by atoms with Gasteiger partial charge in [0.25, 0.3) is 5.91 Å². The van der Waals surface area contributed by atoms with Crippen molar-refractivity contribution in [2.75, 3.05) is 13.2 Å². The Morgan fingerprint density at radius 2 is 1.62 bits per heavy atom. The average Bonchev–Trinajstić information content (AvgIpc) is 3.08. The van der Waals surface area contributed by atoms with Crippen molar-refractivity contribution in [3.05, 3.63) is 59.7 Å². The van der Waals surface area contributed by atoms with Crippen molar-refractivity contribution < 1.29 is 24.2 Å². The van der Waals surface area contributed by atoms with Crippen LogP contribution >= 0.6 is 0 Å². The number of carbonyl (C=O) groups is 3. The highest BCUT2D eigenvalue weighted by Gasteiger charge is 2.28. The number of ether oxygens (including phenoxy) is 1. The van der Waals surface area contributed by atoms with E-state index in [1.54, 1.807) is 0 Å². The van der Waals surface area contributed by atoms with E-state index in [1.165, 1.54) is 0 Å². The van der Waals surface area contributed by atoms with E-state index in [0.717, 1.165) is 22.3 Å². The fourth-order valence-electron chi connectivity index (χ4n) is 3.78. The van der Waals surface area contributed by atoms with Gasteiger partial charge in [0.1, 0.15) is 12.6 Å². The number of nitrogens with one attached hydrogen (secondary N) is 2. The van der Waals surface area contributed by atoms with Crippen molar-refractivity contribution in [2.45, 2.75) is 32.2 Å². The van der Waals surface area contributed by atoms with E-state index in [2.05, 4.69) is 34.6 Å². The standard InChI is InChI=1S/C25H26N2O5/c1-16(2)14-22(24(29)30)27-23(28)12-7-13-26-25(31)32-15-21-19-10-5-3-8-17(19)18-9-4-6-11-20(18)21/h3-6,8-11,16,21-22H,13-15H2,1-2H3,(H,26,31)(H,27,28)(H,29,30)/t22-/m1/s1. The van der Waals surface area contributed by atoms with Crippen LogP contribution in [0.25, 0.3) is 11.1 Å². The first-order valence-corrected chi connectivity index (χ1v) is 10.5. The van der Waals surface area contributed by atoms with Gasteiger partial charge < -0.3 is 20.5 Å². The summed E-state index contributed by atoms with van der Waals surface area (Å²) in [6.45, 7) is 3.83. The summed E-state index contributed by atoms with van der Waals surface area (Å²) < 4.78 is 5.39. The van der Waals surface area contributed by atoms with E-state index in [-0.39, 0.29) is 25.0 Å². The first-order chi connectivity index (χ1) is 15.4. The van der Waals surface area contributed by atoms with Crippen LogP contribution in [0.15, 0.2) is 48.5 Å². The van der Waals surface area contributed by atoms with Crippen molar-refractivity contribution in [2.24, 2.45) is 5.92 Å². The molecule has 0 saturated heterocycles. The molecule has 0 aromatic heterocycles. The number of carbonyl (C=O) groups excluding carboxylic acids is 2. The highest BCUT2D eigenvalue weighted by atomic mass is 16.5. The number of benzene rings is 2. The smallest absolute Gasteiger partial charge is 0.407 e. The quantitative estimate of drug-likeness (QED) is 0.581. The van der Waals surface area contributed by atoms with E-state index >= 15 is 0 Å². The lowest BCUT2D eigenvalue weighted by Crippen LogP contribution is -2.41. The summed E-state index contributed by atoms with van der Waals surface area (Å²) in [7, 11) is 0. The lowest BCUT2D eigenvalue weighted by molar-refractivity contribution is -0.141. The number of amides is 2. The van der Waals surface area contributed by atoms with Crippen LogP contribution in [0.3, 0.4) is 0 Å². The van der Waals surface area contributed by atoms with Crippen LogP contribution in [0.2, 0.25) is 0 Å². The zero-order chi connectivity index (χ0) is 23.1. The third-order valence-electron chi connectivity index (χ3n) is 5.18. The Morgan fingerprint density at radius 3 is 2.19 bits per heavy atom. The maximum absolute atomic E-state index is 12.1. The molecule has 0 fully saturated rings. The van der Waals surface area contributed by atoms with E-state index in [9.17, 15) is 14.4 Å². The minimum absolute atomic E-state index is 0.0427. The maximum Gasteiger partial charge on any atom is 0.407 e. The largest absolute Gasteiger partial charge is 0.480 e. The van der Waals surface area contributed by atoms with Gasteiger partial charge in [-0.05, 0) is 40.5 Å². The van der Waals surface area contributed by atoms with Gasteiger partial charge in [-0.3, -0.25) is 4.79 Å². The SMILES string of the molecule is CC(C)C[C@@H](NC(=O)C#CCNC(=O)OCC1c2ccccc2-c2ccccc21)C(=O)O. The van der Waals surface area contributed by atoms with Crippen molar-refractivity contribution >= 4 is 18.0 Å². The van der Waals surface area contributed by atoms with Crippen LogP contribution in [0.4, 0.5) is 4.79 Å². The third-order valence-corrected chi connectivity index (χ3v) is 5.18. The molecule has 0 saturated carbocycles. The lowest BCUT2D eigenvalue weighted by Gasteiger charge is -2.14. The van der Waals surface area contributed by atoms with Crippen molar-refractivity contribution in [3.8, 4) is 23.0 Å². The summed E-state index contributed by atoms with van der Waals surface area (Å²) in [6.07, 6.45) is -0.328. The molecule has 32 heavy (non-hydrogen) atoms. The van der Waals surface area contributed by atoms with Crippen molar-refractivity contribution in [1.82, 2.24) is 10.6 Å². The van der Waals surface area contributed by atoms with Crippen LogP contribution in [-0.4, -0.2) is 42.3 Å². The van der Waals surface area contributed by atoms with Crippen LogP contribution in [-0.2, 0) is 14.3 Å². The van der Waals surface area contributed by atoms with Gasteiger partial charge in [-0.15, -0.1) is 0 Å². The molecule has 1 aliphatic rings. The Morgan fingerprint density at radius 1 is 1.03 bits per heavy atom. The minimum Gasteiger partial charge on any atom is -0.480 e. The second-order valence-electron chi connectivity index (χ2n) is 7.97. The molecule has 0 radical (unpaired) electrons. The second-order valence-corrected chi connectivity index (χ2v) is 7.97. The molecule has 3 rings (SSSR count). The zero-order valence-electron chi connectivity index (χ0n) is 18.1. The van der Waals surface area contributed by atoms with Gasteiger partial charge in [0.05, 0.1) is 6.54 Å². The monoisotopic (exact) mass is 434 g/mol. The number of carboxylic acids is 1. The average molecular weight is 434 g/mol. The summed E-state index contributed by atoms with van der Waals surface area (Å²) >= 11 is 0. The molecule has 0 aliphatic heterocycles. The molecule has 1 aliphatic carbocycles. The van der Waals surface area contributed by atoms with Gasteiger partial charge >= 0.3 is 12.1 Å². The Kier molecular flexibility index (Phi) is 7.50. The van der Waals surface area contributed by atoms with Crippen molar-refractivity contribution in [1.29, 1.82) is 0 Å². The predicted molar refractivity (Wildman–Crippen MR) is 120 cm³/mol. The lowest BCUT2D eigenvalue weighted by atomic mass is 9.98. The van der Waals surface area contributed by atoms with Gasteiger partial charge in [0.15, 0.2) is 0 Å². The van der Waals surface area contributed by atoms with Crippen LogP contribution in [0.5, 0.6) is 0 Å². The topological polar surface area (TPSA) is 105 Å². The fraction of sp³-hybridized carbons (Fsp3) is 0.320. The molecule has 0 heterocycles. The Hall–Kier alpha value is -3.79. The number of aliphatic carboxylic acids is 1. The van der Waals surface area contributed by atoms with Crippen LogP contribution in [0.1, 0.15) is 37.3 Å². The molecule has 2 aromatic carbocycles. The molecule has 7 nitrogen and oxygen atoms in total. The molecule has 3 N–H and O–H groups in total. The van der Waals surface area contributed by atoms with Gasteiger partial charge in [-0.1, -0.05) is 68.3 Å². The van der Waals surface area contributed by atoms with E-state index in [0.29, 0.717) is 6.42 Å². The molecular formula is C25H26N2O5. The van der Waals surface area contributed by atoms with Crippen LogP contribution < -0.4 is 10.6 Å². The molecule has 0 spiro atoms. The summed E-state index contributed by atoms with van der Waals surface area (Å²) in [5, 5.41) is 14.0. The number of fused-ring (bicyclic) bond motifs is 3. The minimum atomic E-state index is -1.11. The van der Waals surface area contributed by atoms with Gasteiger partial charge in [-0.25, -0.2) is 9.59 Å². The fourth-order valence-corrected chi connectivity index (χ4v) is 3.78. The normalized spacial score (nSPS) is 12.7. The second kappa shape index (κ2) is 10.5. The van der Waals surface area contributed by atoms with E-state index < -0.39 is 24.0 Å². The van der Waals surface area contributed by atoms with Gasteiger partial charge in [-0.2, -0.15) is 0 Å². The molecule has 7 heteroatoms. The molecule has 2 amide bonds. The molecule has 2 aromatic rings. The van der Waals surface area contributed by atoms with Crippen molar-refractivity contribution in [3.63, 3.8) is 0 Å². The Bertz CT molecular complexity index is 1020. The molecule has 0 unspecified atom stereocenters. The van der Waals surface area contributed by atoms with Gasteiger partial charge in [0.2, 0.25) is 0 Å². The van der Waals surface area contributed by atoms with E-state index in [4.69, 9.17) is 9.84 Å². The number of carboxylic acid groups (broad SMARTS) is 1. The highest BCUT2D eigenvalue weighted by Crippen LogP contribution is 2.44. The summed E-state index contributed by atoms with van der Waals surface area (Å²) in [5.41, 5.74) is 4.52. The summed E-state index contributed by atoms with van der Waals surface area (Å²) in [4.78, 5) is 35.1. The Labute approximate surface area is 187 Å². The predicted octanol–water partition coefficient (Wildman–Crippen LogP) is 3.14. The number of hydrogen-bond acceptors (Lipinski definition) is 4. The van der Waals surface area contributed by atoms with Gasteiger partial charge in [0, 0.05) is 5.92 Å². The number of alkyl carbamates (subject to hydrolysis) is 1. The Balaban J connectivity index is 1.49. The third kappa shape index (κ3) is 5.67. The maximum atomic E-state index is 12.1. The van der Waals surface area contributed by atoms with E-state index in [1.807, 2.05) is 50.2 Å². The molecule has 166 valence electrons. The number of hydrogen-bond donors (Lipinski definition) is 3.